The lowest BCUT2D eigenvalue weighted by molar-refractivity contribution is 0.0691. The normalized spacial score (nSPS) is 11.5. The third-order valence-electron chi connectivity index (χ3n) is 3.45. The van der Waals surface area contributed by atoms with Gasteiger partial charge in [-0.1, -0.05) is 60.7 Å². The van der Waals surface area contributed by atoms with Gasteiger partial charge >= 0.3 is 0 Å². The second-order valence-electron chi connectivity index (χ2n) is 4.84. The highest BCUT2D eigenvalue weighted by Crippen LogP contribution is 2.32. The fourth-order valence-electron chi connectivity index (χ4n) is 2.29. The Labute approximate surface area is 114 Å². The zero-order chi connectivity index (χ0) is 13.6. The summed E-state index contributed by atoms with van der Waals surface area (Å²) in [6.07, 6.45) is 0. The van der Waals surface area contributed by atoms with E-state index < -0.39 is 0 Å². The van der Waals surface area contributed by atoms with Gasteiger partial charge in [-0.25, -0.2) is 0 Å². The molecule has 0 unspecified atom stereocenters. The van der Waals surface area contributed by atoms with Crippen LogP contribution in [0.1, 0.15) is 18.1 Å². The lowest BCUT2D eigenvalue weighted by Crippen LogP contribution is -2.30. The predicted octanol–water partition coefficient (Wildman–Crippen LogP) is 3.00. The van der Waals surface area contributed by atoms with E-state index in [1.807, 2.05) is 36.4 Å². The van der Waals surface area contributed by atoms with Crippen molar-refractivity contribution in [3.05, 3.63) is 71.8 Å². The minimum Gasteiger partial charge on any atom is -0.394 e. The van der Waals surface area contributed by atoms with Gasteiger partial charge in [0.2, 0.25) is 0 Å². The molecule has 0 fully saturated rings. The summed E-state index contributed by atoms with van der Waals surface area (Å²) in [4.78, 5) is 0. The molecule has 0 radical (unpaired) electrons. The molecule has 0 amide bonds. The molecule has 0 aliphatic carbocycles. The SMILES string of the molecule is CC(COCCO)(c1ccccc1)c1ccccc1. The Morgan fingerprint density at radius 3 is 1.79 bits per heavy atom. The maximum Gasteiger partial charge on any atom is 0.0698 e. The second kappa shape index (κ2) is 6.50. The van der Waals surface area contributed by atoms with Crippen LogP contribution >= 0.6 is 0 Å². The van der Waals surface area contributed by atoms with Gasteiger partial charge in [0.05, 0.1) is 19.8 Å². The fraction of sp³-hybridized carbons (Fsp3) is 0.294. The summed E-state index contributed by atoms with van der Waals surface area (Å²) in [5, 5.41) is 8.88. The monoisotopic (exact) mass is 256 g/mol. The van der Waals surface area contributed by atoms with Crippen molar-refractivity contribution in [3.63, 3.8) is 0 Å². The number of hydrogen-bond donors (Lipinski definition) is 1. The molecular weight excluding hydrogens is 236 g/mol. The Balaban J connectivity index is 2.33. The summed E-state index contributed by atoms with van der Waals surface area (Å²) in [6.45, 7) is 3.16. The molecular formula is C17H20O2. The van der Waals surface area contributed by atoms with Crippen molar-refractivity contribution in [3.8, 4) is 0 Å². The maximum absolute atomic E-state index is 8.88. The zero-order valence-corrected chi connectivity index (χ0v) is 11.3. The number of aliphatic hydroxyl groups is 1. The molecule has 0 saturated carbocycles. The smallest absolute Gasteiger partial charge is 0.0698 e. The van der Waals surface area contributed by atoms with E-state index in [2.05, 4.69) is 31.2 Å². The predicted molar refractivity (Wildman–Crippen MR) is 77.2 cm³/mol. The van der Waals surface area contributed by atoms with E-state index in [1.54, 1.807) is 0 Å². The maximum atomic E-state index is 8.88. The van der Waals surface area contributed by atoms with E-state index in [4.69, 9.17) is 9.84 Å². The number of hydrogen-bond acceptors (Lipinski definition) is 2. The van der Waals surface area contributed by atoms with E-state index in [9.17, 15) is 0 Å². The molecule has 0 aliphatic heterocycles. The molecule has 0 atom stereocenters. The number of rotatable bonds is 6. The molecule has 100 valence electrons. The van der Waals surface area contributed by atoms with Crippen molar-refractivity contribution in [1.29, 1.82) is 0 Å². The van der Waals surface area contributed by atoms with Crippen molar-refractivity contribution in [2.45, 2.75) is 12.3 Å². The van der Waals surface area contributed by atoms with Crippen molar-refractivity contribution in [2.24, 2.45) is 0 Å². The van der Waals surface area contributed by atoms with Crippen LogP contribution in [0.5, 0.6) is 0 Å². The van der Waals surface area contributed by atoms with Crippen LogP contribution in [0.4, 0.5) is 0 Å². The van der Waals surface area contributed by atoms with Gasteiger partial charge in [0.25, 0.3) is 0 Å². The molecule has 2 nitrogen and oxygen atoms in total. The summed E-state index contributed by atoms with van der Waals surface area (Å²) in [7, 11) is 0. The molecule has 2 aromatic carbocycles. The van der Waals surface area contributed by atoms with Crippen LogP contribution in [-0.4, -0.2) is 24.9 Å². The van der Waals surface area contributed by atoms with Gasteiger partial charge in [0.1, 0.15) is 0 Å². The molecule has 0 aliphatic rings. The van der Waals surface area contributed by atoms with Gasteiger partial charge < -0.3 is 9.84 Å². The Morgan fingerprint density at radius 1 is 0.895 bits per heavy atom. The van der Waals surface area contributed by atoms with Gasteiger partial charge in [-0.3, -0.25) is 0 Å². The number of aliphatic hydroxyl groups excluding tert-OH is 1. The van der Waals surface area contributed by atoms with E-state index in [-0.39, 0.29) is 12.0 Å². The van der Waals surface area contributed by atoms with Gasteiger partial charge in [0.15, 0.2) is 0 Å². The van der Waals surface area contributed by atoms with Crippen LogP contribution in [0.2, 0.25) is 0 Å². The first kappa shape index (κ1) is 13.8. The summed E-state index contributed by atoms with van der Waals surface area (Å²) < 4.78 is 5.61. The molecule has 0 heterocycles. The van der Waals surface area contributed by atoms with Crippen molar-refractivity contribution >= 4 is 0 Å². The standard InChI is InChI=1S/C17H20O2/c1-17(14-19-13-12-18,15-8-4-2-5-9-15)16-10-6-3-7-11-16/h2-11,18H,12-14H2,1H3. The lowest BCUT2D eigenvalue weighted by atomic mass is 9.77. The largest absolute Gasteiger partial charge is 0.394 e. The highest BCUT2D eigenvalue weighted by molar-refractivity contribution is 5.38. The average Bonchev–Trinajstić information content (AvgIpc) is 2.49. The van der Waals surface area contributed by atoms with Crippen LogP contribution in [-0.2, 0) is 10.2 Å². The molecule has 1 N–H and O–H groups in total. The van der Waals surface area contributed by atoms with Crippen LogP contribution in [0.25, 0.3) is 0 Å². The molecule has 19 heavy (non-hydrogen) atoms. The Hall–Kier alpha value is -1.64. The van der Waals surface area contributed by atoms with Crippen molar-refractivity contribution in [1.82, 2.24) is 0 Å². The first-order valence-electron chi connectivity index (χ1n) is 6.57. The van der Waals surface area contributed by atoms with Crippen molar-refractivity contribution < 1.29 is 9.84 Å². The van der Waals surface area contributed by atoms with Crippen LogP contribution < -0.4 is 0 Å². The first-order valence-corrected chi connectivity index (χ1v) is 6.57. The van der Waals surface area contributed by atoms with E-state index in [0.29, 0.717) is 13.2 Å². The molecule has 0 bridgehead atoms. The lowest BCUT2D eigenvalue weighted by Gasteiger charge is -2.30. The number of ether oxygens (including phenoxy) is 1. The third kappa shape index (κ3) is 3.22. The minimum atomic E-state index is -0.197. The second-order valence-corrected chi connectivity index (χ2v) is 4.84. The third-order valence-corrected chi connectivity index (χ3v) is 3.45. The average molecular weight is 256 g/mol. The van der Waals surface area contributed by atoms with E-state index in [0.717, 1.165) is 0 Å². The molecule has 2 aromatic rings. The van der Waals surface area contributed by atoms with Gasteiger partial charge in [-0.2, -0.15) is 0 Å². The fourth-order valence-corrected chi connectivity index (χ4v) is 2.29. The summed E-state index contributed by atoms with van der Waals surface area (Å²) in [5.41, 5.74) is 2.25. The molecule has 0 saturated heterocycles. The first-order chi connectivity index (χ1) is 9.27. The molecule has 0 aromatic heterocycles. The molecule has 2 heteroatoms. The van der Waals surface area contributed by atoms with Crippen molar-refractivity contribution in [2.75, 3.05) is 19.8 Å². The summed E-state index contributed by atoms with van der Waals surface area (Å²) in [6, 6.07) is 20.7. The highest BCUT2D eigenvalue weighted by Gasteiger charge is 2.28. The Kier molecular flexibility index (Phi) is 4.72. The Morgan fingerprint density at radius 2 is 1.37 bits per heavy atom. The topological polar surface area (TPSA) is 29.5 Å². The number of benzene rings is 2. The van der Waals surface area contributed by atoms with E-state index >= 15 is 0 Å². The van der Waals surface area contributed by atoms with E-state index in [1.165, 1.54) is 11.1 Å². The Bertz CT molecular complexity index is 440. The van der Waals surface area contributed by atoms with Gasteiger partial charge in [-0.15, -0.1) is 0 Å². The quantitative estimate of drug-likeness (QED) is 0.805. The molecule has 0 spiro atoms. The van der Waals surface area contributed by atoms with Crippen LogP contribution in [0.3, 0.4) is 0 Å². The summed E-state index contributed by atoms with van der Waals surface area (Å²) in [5.74, 6) is 0. The minimum absolute atomic E-state index is 0.0552. The summed E-state index contributed by atoms with van der Waals surface area (Å²) >= 11 is 0. The zero-order valence-electron chi connectivity index (χ0n) is 11.3. The van der Waals surface area contributed by atoms with Crippen LogP contribution in [0.15, 0.2) is 60.7 Å². The van der Waals surface area contributed by atoms with Gasteiger partial charge in [0, 0.05) is 5.41 Å². The van der Waals surface area contributed by atoms with Crippen LogP contribution in [0, 0.1) is 0 Å². The highest BCUT2D eigenvalue weighted by atomic mass is 16.5. The van der Waals surface area contributed by atoms with Gasteiger partial charge in [-0.05, 0) is 18.1 Å². The molecule has 2 rings (SSSR count).